The molecule has 0 aromatic heterocycles. The van der Waals surface area contributed by atoms with Crippen LogP contribution in [0.1, 0.15) is 53.4 Å². The van der Waals surface area contributed by atoms with E-state index in [1.165, 1.54) is 0 Å². The molecule has 0 spiro atoms. The molecule has 1 saturated carbocycles. The zero-order valence-corrected chi connectivity index (χ0v) is 12.8. The highest BCUT2D eigenvalue weighted by atomic mass is 16.6. The highest BCUT2D eigenvalue weighted by Gasteiger charge is 2.38. The number of carbonyl (C=O) groups excluding carboxylic acids is 1. The molecule has 0 bridgehead atoms. The SMILES string of the molecule is C=C[C@H]1C[C@H](C(=O)OC(C)(C)C)C[C@H]1OCCCC. The van der Waals surface area contributed by atoms with Gasteiger partial charge in [-0.15, -0.1) is 6.58 Å². The minimum absolute atomic E-state index is 0.0474. The lowest BCUT2D eigenvalue weighted by Gasteiger charge is -2.22. The second-order valence-electron chi connectivity index (χ2n) is 6.36. The van der Waals surface area contributed by atoms with Crippen molar-refractivity contribution in [3.05, 3.63) is 12.7 Å². The van der Waals surface area contributed by atoms with Crippen molar-refractivity contribution in [2.45, 2.75) is 65.1 Å². The minimum Gasteiger partial charge on any atom is -0.460 e. The Morgan fingerprint density at radius 3 is 2.58 bits per heavy atom. The Morgan fingerprint density at radius 2 is 2.05 bits per heavy atom. The van der Waals surface area contributed by atoms with Gasteiger partial charge in [0.2, 0.25) is 0 Å². The predicted octanol–water partition coefficient (Wildman–Crippen LogP) is 3.73. The maximum absolute atomic E-state index is 12.1. The summed E-state index contributed by atoms with van der Waals surface area (Å²) in [7, 11) is 0. The Morgan fingerprint density at radius 1 is 1.37 bits per heavy atom. The summed E-state index contributed by atoms with van der Waals surface area (Å²) < 4.78 is 11.3. The molecule has 3 nitrogen and oxygen atoms in total. The molecule has 0 radical (unpaired) electrons. The fourth-order valence-electron chi connectivity index (χ4n) is 2.43. The van der Waals surface area contributed by atoms with Crippen LogP contribution < -0.4 is 0 Å². The van der Waals surface area contributed by atoms with Crippen LogP contribution in [-0.2, 0) is 14.3 Å². The highest BCUT2D eigenvalue weighted by molar-refractivity contribution is 5.73. The van der Waals surface area contributed by atoms with Gasteiger partial charge in [0.05, 0.1) is 12.0 Å². The molecule has 1 fully saturated rings. The fraction of sp³-hybridized carbons (Fsp3) is 0.812. The second kappa shape index (κ2) is 7.09. The predicted molar refractivity (Wildman–Crippen MR) is 76.9 cm³/mol. The van der Waals surface area contributed by atoms with E-state index in [4.69, 9.17) is 9.47 Å². The molecular formula is C16H28O3. The Bertz CT molecular complexity index is 304. The van der Waals surface area contributed by atoms with Crippen molar-refractivity contribution in [2.75, 3.05) is 6.61 Å². The summed E-state index contributed by atoms with van der Waals surface area (Å²) in [5.74, 6) is 0.129. The molecule has 0 heterocycles. The molecule has 0 unspecified atom stereocenters. The quantitative estimate of drug-likeness (QED) is 0.418. The van der Waals surface area contributed by atoms with E-state index < -0.39 is 5.60 Å². The summed E-state index contributed by atoms with van der Waals surface area (Å²) in [6, 6.07) is 0. The van der Waals surface area contributed by atoms with Crippen LogP contribution in [0.15, 0.2) is 12.7 Å². The Balaban J connectivity index is 2.51. The molecule has 1 aliphatic carbocycles. The maximum Gasteiger partial charge on any atom is 0.309 e. The van der Waals surface area contributed by atoms with E-state index in [9.17, 15) is 4.79 Å². The van der Waals surface area contributed by atoms with Crippen LogP contribution in [0.5, 0.6) is 0 Å². The van der Waals surface area contributed by atoms with Gasteiger partial charge in [0, 0.05) is 12.5 Å². The minimum atomic E-state index is -0.415. The molecule has 0 aliphatic heterocycles. The zero-order valence-electron chi connectivity index (χ0n) is 12.8. The van der Waals surface area contributed by atoms with Crippen LogP contribution in [0.25, 0.3) is 0 Å². The van der Waals surface area contributed by atoms with Crippen LogP contribution in [0.3, 0.4) is 0 Å². The first kappa shape index (κ1) is 16.2. The summed E-state index contributed by atoms with van der Waals surface area (Å²) in [4.78, 5) is 12.1. The summed E-state index contributed by atoms with van der Waals surface area (Å²) >= 11 is 0. The van der Waals surface area contributed by atoms with Crippen LogP contribution in [-0.4, -0.2) is 24.3 Å². The number of hydrogen-bond acceptors (Lipinski definition) is 3. The van der Waals surface area contributed by atoms with Crippen molar-refractivity contribution < 1.29 is 14.3 Å². The summed E-state index contributed by atoms with van der Waals surface area (Å²) in [5, 5.41) is 0. The third kappa shape index (κ3) is 5.35. The molecule has 3 heteroatoms. The Kier molecular flexibility index (Phi) is 6.05. The van der Waals surface area contributed by atoms with Gasteiger partial charge in [-0.2, -0.15) is 0 Å². The van der Waals surface area contributed by atoms with Gasteiger partial charge in [0.25, 0.3) is 0 Å². The van der Waals surface area contributed by atoms with Gasteiger partial charge in [-0.25, -0.2) is 0 Å². The van der Waals surface area contributed by atoms with Crippen LogP contribution in [0.2, 0.25) is 0 Å². The van der Waals surface area contributed by atoms with Gasteiger partial charge in [-0.3, -0.25) is 4.79 Å². The summed E-state index contributed by atoms with van der Waals surface area (Å²) in [5.41, 5.74) is -0.415. The average Bonchev–Trinajstić information content (AvgIpc) is 2.70. The molecule has 0 aromatic carbocycles. The number of hydrogen-bond donors (Lipinski definition) is 0. The van der Waals surface area contributed by atoms with Crippen LogP contribution in [0, 0.1) is 11.8 Å². The Labute approximate surface area is 117 Å². The first-order chi connectivity index (χ1) is 8.87. The van der Waals surface area contributed by atoms with Crippen LogP contribution in [0.4, 0.5) is 0 Å². The molecule has 3 atom stereocenters. The molecular weight excluding hydrogens is 240 g/mol. The van der Waals surface area contributed by atoms with Gasteiger partial charge >= 0.3 is 5.97 Å². The average molecular weight is 268 g/mol. The van der Waals surface area contributed by atoms with Crippen molar-refractivity contribution in [3.63, 3.8) is 0 Å². The normalized spacial score (nSPS) is 27.3. The van der Waals surface area contributed by atoms with E-state index in [0.29, 0.717) is 0 Å². The smallest absolute Gasteiger partial charge is 0.309 e. The second-order valence-corrected chi connectivity index (χ2v) is 6.36. The van der Waals surface area contributed by atoms with E-state index >= 15 is 0 Å². The third-order valence-corrected chi connectivity index (χ3v) is 3.42. The monoisotopic (exact) mass is 268 g/mol. The molecule has 1 rings (SSSR count). The van der Waals surface area contributed by atoms with Gasteiger partial charge < -0.3 is 9.47 Å². The molecule has 0 N–H and O–H groups in total. The molecule has 110 valence electrons. The van der Waals surface area contributed by atoms with E-state index in [0.717, 1.165) is 32.3 Å². The van der Waals surface area contributed by atoms with E-state index in [1.807, 2.05) is 26.8 Å². The van der Waals surface area contributed by atoms with Crippen molar-refractivity contribution >= 4 is 5.97 Å². The van der Waals surface area contributed by atoms with Gasteiger partial charge in [0.1, 0.15) is 5.60 Å². The van der Waals surface area contributed by atoms with Crippen molar-refractivity contribution in [1.82, 2.24) is 0 Å². The van der Waals surface area contributed by atoms with Crippen LogP contribution >= 0.6 is 0 Å². The van der Waals surface area contributed by atoms with E-state index in [1.54, 1.807) is 0 Å². The number of carbonyl (C=O) groups is 1. The van der Waals surface area contributed by atoms with Crippen molar-refractivity contribution in [2.24, 2.45) is 11.8 Å². The lowest BCUT2D eigenvalue weighted by Crippen LogP contribution is -2.28. The van der Waals surface area contributed by atoms with Gasteiger partial charge in [-0.05, 0) is 40.0 Å². The lowest BCUT2D eigenvalue weighted by atomic mass is 10.0. The molecule has 19 heavy (non-hydrogen) atoms. The summed E-state index contributed by atoms with van der Waals surface area (Å²) in [6.07, 6.45) is 5.80. The fourth-order valence-corrected chi connectivity index (χ4v) is 2.43. The standard InChI is InChI=1S/C16H28O3/c1-6-8-9-18-14-11-13(10-12(14)7-2)15(17)19-16(3,4)5/h7,12-14H,2,6,8-11H2,1,3-5H3/t12-,13-,14+/m0/s1. The largest absolute Gasteiger partial charge is 0.460 e. The first-order valence-electron chi connectivity index (χ1n) is 7.34. The van der Waals surface area contributed by atoms with Crippen molar-refractivity contribution in [3.8, 4) is 0 Å². The first-order valence-corrected chi connectivity index (χ1v) is 7.34. The number of rotatable bonds is 6. The van der Waals surface area contributed by atoms with E-state index in [-0.39, 0.29) is 23.9 Å². The molecule has 0 aromatic rings. The number of ether oxygens (including phenoxy) is 2. The van der Waals surface area contributed by atoms with Gasteiger partial charge in [0.15, 0.2) is 0 Å². The Hall–Kier alpha value is -0.830. The molecule has 1 aliphatic rings. The highest BCUT2D eigenvalue weighted by Crippen LogP contribution is 2.35. The molecule has 0 saturated heterocycles. The lowest BCUT2D eigenvalue weighted by molar-refractivity contribution is -0.160. The van der Waals surface area contributed by atoms with E-state index in [2.05, 4.69) is 13.5 Å². The third-order valence-electron chi connectivity index (χ3n) is 3.42. The maximum atomic E-state index is 12.1. The number of unbranched alkanes of at least 4 members (excludes halogenated alkanes) is 1. The van der Waals surface area contributed by atoms with Gasteiger partial charge in [-0.1, -0.05) is 19.4 Å². The topological polar surface area (TPSA) is 35.5 Å². The number of esters is 1. The molecule has 0 amide bonds. The zero-order chi connectivity index (χ0) is 14.5. The van der Waals surface area contributed by atoms with Crippen molar-refractivity contribution in [1.29, 1.82) is 0 Å². The summed E-state index contributed by atoms with van der Waals surface area (Å²) in [6.45, 7) is 12.5.